The Morgan fingerprint density at radius 3 is 2.46 bits per heavy atom. The second-order valence-corrected chi connectivity index (χ2v) is 5.38. The van der Waals surface area contributed by atoms with Crippen LogP contribution >= 0.6 is 0 Å². The van der Waals surface area contributed by atoms with Gasteiger partial charge in [-0.3, -0.25) is 4.79 Å². The maximum atomic E-state index is 12.3. The van der Waals surface area contributed by atoms with Crippen LogP contribution in [0.5, 0.6) is 5.75 Å². The van der Waals surface area contributed by atoms with Crippen LogP contribution in [-0.2, 0) is 9.53 Å². The van der Waals surface area contributed by atoms with Gasteiger partial charge in [-0.2, -0.15) is 0 Å². The average Bonchev–Trinajstić information content (AvgIpc) is 2.91. The number of aryl methyl sites for hydroxylation is 1. The molecule has 5 nitrogen and oxygen atoms in total. The van der Waals surface area contributed by atoms with E-state index < -0.39 is 5.97 Å². The zero-order valence-corrected chi connectivity index (χ0v) is 13.8. The van der Waals surface area contributed by atoms with Crippen LogP contribution in [0.4, 0.5) is 0 Å². The van der Waals surface area contributed by atoms with Crippen molar-refractivity contribution in [2.75, 3.05) is 6.61 Å². The Kier molecular flexibility index (Phi) is 4.25. The molecule has 0 fully saturated rings. The Morgan fingerprint density at radius 2 is 1.79 bits per heavy atom. The van der Waals surface area contributed by atoms with Crippen LogP contribution in [0, 0.1) is 6.92 Å². The van der Waals surface area contributed by atoms with E-state index in [4.69, 9.17) is 13.9 Å². The largest absolute Gasteiger partial charge is 0.462 e. The quantitative estimate of drug-likeness (QED) is 0.525. The summed E-state index contributed by atoms with van der Waals surface area (Å²) in [6, 6.07) is 9.14. The summed E-state index contributed by atoms with van der Waals surface area (Å²) in [6.07, 6.45) is 0.265. The number of hydrogen-bond acceptors (Lipinski definition) is 5. The second-order valence-electron chi connectivity index (χ2n) is 5.38. The lowest BCUT2D eigenvalue weighted by Gasteiger charge is -2.08. The lowest BCUT2D eigenvalue weighted by atomic mass is 10.0. The topological polar surface area (TPSA) is 65.7 Å². The minimum Gasteiger partial charge on any atom is -0.462 e. The average molecular weight is 326 g/mol. The van der Waals surface area contributed by atoms with E-state index in [1.807, 2.05) is 24.3 Å². The van der Waals surface area contributed by atoms with E-state index in [-0.39, 0.29) is 19.0 Å². The maximum Gasteiger partial charge on any atom is 0.342 e. The molecule has 1 aromatic heterocycles. The monoisotopic (exact) mass is 326 g/mol. The fourth-order valence-corrected chi connectivity index (χ4v) is 2.74. The van der Waals surface area contributed by atoms with Crippen molar-refractivity contribution in [2.45, 2.75) is 27.2 Å². The van der Waals surface area contributed by atoms with E-state index in [1.165, 1.54) is 0 Å². The third-order valence-electron chi connectivity index (χ3n) is 3.83. The molecule has 0 radical (unpaired) electrons. The van der Waals surface area contributed by atoms with Crippen molar-refractivity contribution < 1.29 is 23.5 Å². The van der Waals surface area contributed by atoms with Crippen LogP contribution in [0.25, 0.3) is 21.7 Å². The van der Waals surface area contributed by atoms with Gasteiger partial charge in [0.15, 0.2) is 0 Å². The number of furan rings is 1. The van der Waals surface area contributed by atoms with Crippen LogP contribution in [0.15, 0.2) is 34.7 Å². The van der Waals surface area contributed by atoms with E-state index in [0.29, 0.717) is 28.0 Å². The van der Waals surface area contributed by atoms with Crippen LogP contribution in [0.1, 0.15) is 36.4 Å². The summed E-state index contributed by atoms with van der Waals surface area (Å²) in [5, 5.41) is 2.13. The van der Waals surface area contributed by atoms with E-state index in [2.05, 4.69) is 0 Å². The maximum absolute atomic E-state index is 12.3. The van der Waals surface area contributed by atoms with Crippen molar-refractivity contribution in [1.29, 1.82) is 0 Å². The predicted octanol–water partition coefficient (Wildman–Crippen LogP) is 4.39. The third kappa shape index (κ3) is 2.62. The van der Waals surface area contributed by atoms with Gasteiger partial charge in [-0.25, -0.2) is 4.79 Å². The minimum absolute atomic E-state index is 0.265. The molecule has 0 spiro atoms. The number of fused-ring (bicyclic) bond motifs is 3. The summed E-state index contributed by atoms with van der Waals surface area (Å²) in [5.41, 5.74) is 0.953. The standard InChI is InChI=1S/C19H18O5/c1-4-16(20)24-15-10-14-17(19(21)22-5-2)11(3)23-18(14)13-9-7-6-8-12(13)15/h6-10H,4-5H2,1-3H3. The zero-order chi connectivity index (χ0) is 17.3. The van der Waals surface area contributed by atoms with Gasteiger partial charge in [-0.05, 0) is 19.9 Å². The number of ether oxygens (including phenoxy) is 2. The summed E-state index contributed by atoms with van der Waals surface area (Å²) in [4.78, 5) is 24.0. The molecule has 0 saturated carbocycles. The molecule has 124 valence electrons. The Hall–Kier alpha value is -2.82. The molecule has 5 heteroatoms. The molecule has 0 bridgehead atoms. The molecular formula is C19H18O5. The Morgan fingerprint density at radius 1 is 1.08 bits per heavy atom. The van der Waals surface area contributed by atoms with Crippen molar-refractivity contribution in [3.8, 4) is 5.75 Å². The fourth-order valence-electron chi connectivity index (χ4n) is 2.74. The van der Waals surface area contributed by atoms with Gasteiger partial charge in [-0.15, -0.1) is 0 Å². The Bertz CT molecular complexity index is 936. The van der Waals surface area contributed by atoms with E-state index >= 15 is 0 Å². The fraction of sp³-hybridized carbons (Fsp3) is 0.263. The molecule has 1 heterocycles. The van der Waals surface area contributed by atoms with Gasteiger partial charge in [0.1, 0.15) is 22.7 Å². The Labute approximate surface area is 139 Å². The van der Waals surface area contributed by atoms with Gasteiger partial charge >= 0.3 is 11.9 Å². The normalized spacial score (nSPS) is 11.0. The van der Waals surface area contributed by atoms with Gasteiger partial charge in [0.05, 0.1) is 6.61 Å². The second kappa shape index (κ2) is 6.35. The molecule has 0 aliphatic heterocycles. The first-order valence-electron chi connectivity index (χ1n) is 7.89. The first-order chi connectivity index (χ1) is 11.6. The summed E-state index contributed by atoms with van der Waals surface area (Å²) in [6.45, 7) is 5.48. The predicted molar refractivity (Wildman–Crippen MR) is 90.3 cm³/mol. The lowest BCUT2D eigenvalue weighted by Crippen LogP contribution is -2.07. The number of benzene rings is 2. The van der Waals surface area contributed by atoms with E-state index in [1.54, 1.807) is 26.8 Å². The van der Waals surface area contributed by atoms with E-state index in [0.717, 1.165) is 10.8 Å². The van der Waals surface area contributed by atoms with Crippen LogP contribution in [0.2, 0.25) is 0 Å². The van der Waals surface area contributed by atoms with Gasteiger partial charge in [0.2, 0.25) is 0 Å². The van der Waals surface area contributed by atoms with Crippen molar-refractivity contribution in [3.05, 3.63) is 41.7 Å². The summed E-state index contributed by atoms with van der Waals surface area (Å²) in [7, 11) is 0. The number of carbonyl (C=O) groups excluding carboxylic acids is 2. The van der Waals surface area contributed by atoms with Crippen LogP contribution in [-0.4, -0.2) is 18.5 Å². The van der Waals surface area contributed by atoms with E-state index in [9.17, 15) is 9.59 Å². The molecular weight excluding hydrogens is 308 g/mol. The van der Waals surface area contributed by atoms with Crippen molar-refractivity contribution in [1.82, 2.24) is 0 Å². The number of rotatable bonds is 4. The first kappa shape index (κ1) is 16.1. The van der Waals surface area contributed by atoms with Crippen molar-refractivity contribution in [2.24, 2.45) is 0 Å². The number of hydrogen-bond donors (Lipinski definition) is 0. The van der Waals surface area contributed by atoms with Crippen molar-refractivity contribution in [3.63, 3.8) is 0 Å². The molecule has 0 saturated heterocycles. The van der Waals surface area contributed by atoms with Gasteiger partial charge in [-0.1, -0.05) is 31.2 Å². The highest BCUT2D eigenvalue weighted by atomic mass is 16.5. The molecule has 0 amide bonds. The highest BCUT2D eigenvalue weighted by molar-refractivity contribution is 6.15. The molecule has 0 N–H and O–H groups in total. The molecule has 2 aromatic carbocycles. The molecule has 0 atom stereocenters. The molecule has 0 aliphatic rings. The van der Waals surface area contributed by atoms with Gasteiger partial charge < -0.3 is 13.9 Å². The molecule has 3 aromatic rings. The van der Waals surface area contributed by atoms with Crippen LogP contribution < -0.4 is 4.74 Å². The SMILES string of the molecule is CCOC(=O)c1c(C)oc2c1cc(OC(=O)CC)c1ccccc12. The summed E-state index contributed by atoms with van der Waals surface area (Å²) < 4.78 is 16.4. The minimum atomic E-state index is -0.447. The van der Waals surface area contributed by atoms with Crippen molar-refractivity contribution >= 4 is 33.7 Å². The summed E-state index contributed by atoms with van der Waals surface area (Å²) >= 11 is 0. The highest BCUT2D eigenvalue weighted by Crippen LogP contribution is 2.38. The summed E-state index contributed by atoms with van der Waals surface area (Å²) in [5.74, 6) is 0.109. The number of esters is 2. The van der Waals surface area contributed by atoms with Crippen LogP contribution in [0.3, 0.4) is 0 Å². The lowest BCUT2D eigenvalue weighted by molar-refractivity contribution is -0.133. The molecule has 0 unspecified atom stereocenters. The number of carbonyl (C=O) groups is 2. The Balaban J connectivity index is 2.32. The first-order valence-corrected chi connectivity index (χ1v) is 7.89. The molecule has 0 aliphatic carbocycles. The van der Waals surface area contributed by atoms with Gasteiger partial charge in [0.25, 0.3) is 0 Å². The molecule has 3 rings (SSSR count). The smallest absolute Gasteiger partial charge is 0.342 e. The third-order valence-corrected chi connectivity index (χ3v) is 3.83. The van der Waals surface area contributed by atoms with Gasteiger partial charge in [0, 0.05) is 22.6 Å². The highest BCUT2D eigenvalue weighted by Gasteiger charge is 2.23. The molecule has 24 heavy (non-hydrogen) atoms. The zero-order valence-electron chi connectivity index (χ0n) is 13.8.